The van der Waals surface area contributed by atoms with Crippen molar-refractivity contribution in [3.05, 3.63) is 82.6 Å². The fourth-order valence-electron chi connectivity index (χ4n) is 2.68. The lowest BCUT2D eigenvalue weighted by molar-refractivity contribution is 0.196. The van der Waals surface area contributed by atoms with Gasteiger partial charge in [-0.15, -0.1) is 0 Å². The lowest BCUT2D eigenvalue weighted by atomic mass is 10.2. The maximum Gasteiger partial charge on any atom is 0.317 e. The van der Waals surface area contributed by atoms with Gasteiger partial charge in [-0.1, -0.05) is 17.7 Å². The summed E-state index contributed by atoms with van der Waals surface area (Å²) in [6, 6.07) is 10.4. The van der Waals surface area contributed by atoms with Crippen LogP contribution in [-0.4, -0.2) is 27.3 Å². The molecular weight excluding hydrogens is 386 g/mol. The van der Waals surface area contributed by atoms with E-state index in [0.717, 1.165) is 11.3 Å². The van der Waals surface area contributed by atoms with Crippen molar-refractivity contribution >= 4 is 17.6 Å². The summed E-state index contributed by atoms with van der Waals surface area (Å²) >= 11 is 5.88. The average molecular weight is 405 g/mol. The highest BCUT2D eigenvalue weighted by atomic mass is 35.5. The molecule has 0 aliphatic carbocycles. The Bertz CT molecular complexity index is 939. The van der Waals surface area contributed by atoms with Gasteiger partial charge in [0.15, 0.2) is 0 Å². The second-order valence-corrected chi connectivity index (χ2v) is 6.58. The number of aromatic nitrogens is 2. The SMILES string of the molecule is CCN(Cc1c(F)cccc1F)C(=O)NCc1cnn(-c2ccc(Cl)cc2)c1. The zero-order valence-electron chi connectivity index (χ0n) is 15.2. The van der Waals surface area contributed by atoms with E-state index >= 15 is 0 Å². The van der Waals surface area contributed by atoms with Crippen LogP contribution in [0.1, 0.15) is 18.1 Å². The van der Waals surface area contributed by atoms with Gasteiger partial charge in [-0.25, -0.2) is 18.3 Å². The first-order valence-corrected chi connectivity index (χ1v) is 9.11. The highest BCUT2D eigenvalue weighted by Crippen LogP contribution is 2.15. The number of hydrogen-bond donors (Lipinski definition) is 1. The molecule has 0 aliphatic rings. The van der Waals surface area contributed by atoms with Gasteiger partial charge in [0.2, 0.25) is 0 Å². The summed E-state index contributed by atoms with van der Waals surface area (Å²) in [4.78, 5) is 13.8. The average Bonchev–Trinajstić information content (AvgIpc) is 3.15. The predicted molar refractivity (Wildman–Crippen MR) is 103 cm³/mol. The van der Waals surface area contributed by atoms with Gasteiger partial charge < -0.3 is 10.2 Å². The van der Waals surface area contributed by atoms with Crippen LogP contribution >= 0.6 is 11.6 Å². The molecule has 0 saturated heterocycles. The van der Waals surface area contributed by atoms with E-state index in [2.05, 4.69) is 10.4 Å². The topological polar surface area (TPSA) is 50.2 Å². The standard InChI is InChI=1S/C20H19ClF2N4O/c1-2-26(13-17-18(22)4-3-5-19(17)23)20(28)24-10-14-11-25-27(12-14)16-8-6-15(21)7-9-16/h3-9,11-12H,2,10,13H2,1H3,(H,24,28). The van der Waals surface area contributed by atoms with E-state index in [1.165, 1.54) is 23.1 Å². The number of rotatable bonds is 6. The molecule has 5 nitrogen and oxygen atoms in total. The fraction of sp³-hybridized carbons (Fsp3) is 0.200. The van der Waals surface area contributed by atoms with Crippen LogP contribution in [0.5, 0.6) is 0 Å². The molecule has 146 valence electrons. The van der Waals surface area contributed by atoms with Gasteiger partial charge in [0.25, 0.3) is 0 Å². The largest absolute Gasteiger partial charge is 0.334 e. The number of nitrogens with one attached hydrogen (secondary N) is 1. The molecule has 8 heteroatoms. The minimum absolute atomic E-state index is 0.130. The quantitative estimate of drug-likeness (QED) is 0.656. The van der Waals surface area contributed by atoms with Crippen LogP contribution in [0.25, 0.3) is 5.69 Å². The highest BCUT2D eigenvalue weighted by molar-refractivity contribution is 6.30. The summed E-state index contributed by atoms with van der Waals surface area (Å²) in [5.74, 6) is -1.34. The van der Waals surface area contributed by atoms with Crippen molar-refractivity contribution in [1.82, 2.24) is 20.0 Å². The molecule has 3 rings (SSSR count). The predicted octanol–water partition coefficient (Wildman–Crippen LogP) is 4.54. The van der Waals surface area contributed by atoms with E-state index in [1.54, 1.807) is 36.1 Å². The van der Waals surface area contributed by atoms with E-state index in [0.29, 0.717) is 11.6 Å². The third-order valence-electron chi connectivity index (χ3n) is 4.25. The van der Waals surface area contributed by atoms with Gasteiger partial charge in [0.05, 0.1) is 18.4 Å². The molecule has 0 bridgehead atoms. The van der Waals surface area contributed by atoms with Crippen molar-refractivity contribution < 1.29 is 13.6 Å². The lowest BCUT2D eigenvalue weighted by Crippen LogP contribution is -2.39. The number of nitrogens with zero attached hydrogens (tertiary/aromatic N) is 3. The van der Waals surface area contributed by atoms with Crippen LogP contribution in [0.4, 0.5) is 13.6 Å². The van der Waals surface area contributed by atoms with Crippen LogP contribution in [-0.2, 0) is 13.1 Å². The summed E-state index contributed by atoms with van der Waals surface area (Å²) < 4.78 is 29.3. The van der Waals surface area contributed by atoms with Crippen molar-refractivity contribution in [2.75, 3.05) is 6.54 Å². The number of carbonyl (C=O) groups is 1. The normalized spacial score (nSPS) is 10.7. The zero-order valence-corrected chi connectivity index (χ0v) is 16.0. The first kappa shape index (κ1) is 19.8. The highest BCUT2D eigenvalue weighted by Gasteiger charge is 2.17. The molecule has 0 saturated carbocycles. The van der Waals surface area contributed by atoms with Crippen LogP contribution in [0.15, 0.2) is 54.9 Å². The van der Waals surface area contributed by atoms with E-state index in [-0.39, 0.29) is 18.7 Å². The third-order valence-corrected chi connectivity index (χ3v) is 4.50. The van der Waals surface area contributed by atoms with Crippen LogP contribution in [0, 0.1) is 11.6 Å². The Hall–Kier alpha value is -2.93. The molecule has 0 spiro atoms. The van der Waals surface area contributed by atoms with Crippen molar-refractivity contribution in [3.8, 4) is 5.69 Å². The summed E-state index contributed by atoms with van der Waals surface area (Å²) in [5, 5.41) is 7.64. The first-order valence-electron chi connectivity index (χ1n) is 8.73. The summed E-state index contributed by atoms with van der Waals surface area (Å²) in [5.41, 5.74) is 1.50. The summed E-state index contributed by atoms with van der Waals surface area (Å²) in [6.07, 6.45) is 3.43. The smallest absolute Gasteiger partial charge is 0.317 e. The zero-order chi connectivity index (χ0) is 20.1. The molecule has 0 atom stereocenters. The summed E-state index contributed by atoms with van der Waals surface area (Å²) in [7, 11) is 0. The molecule has 2 amide bonds. The molecular formula is C20H19ClF2N4O. The van der Waals surface area contributed by atoms with E-state index in [4.69, 9.17) is 11.6 Å². The van der Waals surface area contributed by atoms with Crippen LogP contribution in [0.2, 0.25) is 5.02 Å². The number of benzene rings is 2. The maximum absolute atomic E-state index is 13.8. The number of carbonyl (C=O) groups excluding carboxylic acids is 1. The van der Waals surface area contributed by atoms with E-state index < -0.39 is 17.7 Å². The van der Waals surface area contributed by atoms with Gasteiger partial charge in [-0.05, 0) is 43.3 Å². The molecule has 0 radical (unpaired) electrons. The van der Waals surface area contributed by atoms with Gasteiger partial charge in [0.1, 0.15) is 11.6 Å². The van der Waals surface area contributed by atoms with E-state index in [9.17, 15) is 13.6 Å². The molecule has 0 unspecified atom stereocenters. The Morgan fingerprint density at radius 1 is 1.18 bits per heavy atom. The Morgan fingerprint density at radius 2 is 1.86 bits per heavy atom. The van der Waals surface area contributed by atoms with Crippen LogP contribution < -0.4 is 5.32 Å². The number of amides is 2. The summed E-state index contributed by atoms with van der Waals surface area (Å²) in [6.45, 7) is 2.15. The van der Waals surface area contributed by atoms with Crippen molar-refractivity contribution in [2.45, 2.75) is 20.0 Å². The minimum Gasteiger partial charge on any atom is -0.334 e. The monoisotopic (exact) mass is 404 g/mol. The number of hydrogen-bond acceptors (Lipinski definition) is 2. The molecule has 0 fully saturated rings. The number of urea groups is 1. The van der Waals surface area contributed by atoms with Crippen LogP contribution in [0.3, 0.4) is 0 Å². The molecule has 0 aliphatic heterocycles. The first-order chi connectivity index (χ1) is 13.5. The molecule has 1 N–H and O–H groups in total. The second-order valence-electron chi connectivity index (χ2n) is 6.14. The van der Waals surface area contributed by atoms with E-state index in [1.807, 2.05) is 12.1 Å². The third kappa shape index (κ3) is 4.67. The Balaban J connectivity index is 1.62. The molecule has 2 aromatic carbocycles. The van der Waals surface area contributed by atoms with Crippen molar-refractivity contribution in [1.29, 1.82) is 0 Å². The molecule has 28 heavy (non-hydrogen) atoms. The molecule has 3 aromatic rings. The van der Waals surface area contributed by atoms with Crippen molar-refractivity contribution in [3.63, 3.8) is 0 Å². The maximum atomic E-state index is 13.8. The fourth-order valence-corrected chi connectivity index (χ4v) is 2.80. The second kappa shape index (κ2) is 8.84. The lowest BCUT2D eigenvalue weighted by Gasteiger charge is -2.21. The van der Waals surface area contributed by atoms with Gasteiger partial charge >= 0.3 is 6.03 Å². The Kier molecular flexibility index (Phi) is 6.26. The Morgan fingerprint density at radius 3 is 2.50 bits per heavy atom. The van der Waals surface area contributed by atoms with Gasteiger partial charge in [-0.3, -0.25) is 0 Å². The minimum atomic E-state index is -0.671. The molecule has 1 heterocycles. The molecule has 1 aromatic heterocycles. The van der Waals surface area contributed by atoms with Gasteiger partial charge in [0, 0.05) is 35.4 Å². The van der Waals surface area contributed by atoms with Crippen molar-refractivity contribution in [2.24, 2.45) is 0 Å². The van der Waals surface area contributed by atoms with Gasteiger partial charge in [-0.2, -0.15) is 5.10 Å². The Labute approximate surface area is 166 Å². The number of halogens is 3.